The van der Waals surface area contributed by atoms with Gasteiger partial charge in [0.1, 0.15) is 6.61 Å². The van der Waals surface area contributed by atoms with Crippen molar-refractivity contribution in [1.82, 2.24) is 0 Å². The van der Waals surface area contributed by atoms with Crippen molar-refractivity contribution in [1.29, 1.82) is 5.41 Å². The zero-order valence-corrected chi connectivity index (χ0v) is 28.9. The maximum absolute atomic E-state index is 13.6. The zero-order chi connectivity index (χ0) is 35.7. The molecule has 1 aliphatic rings. The van der Waals surface area contributed by atoms with Gasteiger partial charge < -0.3 is 23.7 Å². The lowest BCUT2D eigenvalue weighted by atomic mass is 10.0. The predicted octanol–water partition coefficient (Wildman–Crippen LogP) is 7.33. The Labute approximate surface area is 306 Å². The summed E-state index contributed by atoms with van der Waals surface area (Å²) >= 11 is 18.8. The highest BCUT2D eigenvalue weighted by Crippen LogP contribution is 2.41. The third-order valence-electron chi connectivity index (χ3n) is 7.23. The van der Waals surface area contributed by atoms with Gasteiger partial charge in [0.2, 0.25) is 5.90 Å². The fourth-order valence-electron chi connectivity index (χ4n) is 4.81. The van der Waals surface area contributed by atoms with E-state index in [0.717, 1.165) is 11.8 Å². The van der Waals surface area contributed by atoms with Gasteiger partial charge in [0.15, 0.2) is 23.7 Å². The quantitative estimate of drug-likeness (QED) is 0.0576. The molecule has 0 aromatic heterocycles. The molecule has 1 fully saturated rings. The van der Waals surface area contributed by atoms with Gasteiger partial charge in [-0.05, 0) is 48.5 Å². The van der Waals surface area contributed by atoms with Gasteiger partial charge in [-0.1, -0.05) is 108 Å². The van der Waals surface area contributed by atoms with Crippen LogP contribution < -0.4 is 0 Å². The van der Waals surface area contributed by atoms with Gasteiger partial charge in [0, 0.05) is 0 Å². The number of hydrogen-bond donors (Lipinski definition) is 1. The SMILES string of the molecule is N=C(O[C@H]1SC(COC(=O)c2ccccc2)[C@@H](OC(=O)c2ccccc2)[C@H](OC(=O)c2ccccc2)C1OC(=O)c1ccccc1)C(Cl)(Cl)Cl. The van der Waals surface area contributed by atoms with Crippen molar-refractivity contribution in [2.24, 2.45) is 0 Å². The first-order valence-electron chi connectivity index (χ1n) is 15.0. The Kier molecular flexibility index (Phi) is 12.4. The van der Waals surface area contributed by atoms with Crippen molar-refractivity contribution in [3.8, 4) is 0 Å². The third-order valence-corrected chi connectivity index (χ3v) is 9.13. The molecule has 2 unspecified atom stereocenters. The Morgan fingerprint density at radius 3 is 1.30 bits per heavy atom. The molecule has 5 atom stereocenters. The molecule has 0 saturated carbocycles. The summed E-state index contributed by atoms with van der Waals surface area (Å²) in [4.78, 5) is 53.7. The standard InChI is InChI=1S/C36H28Cl3NO9S/c37-36(38,39)35(40)49-34-29(48-33(44)25-19-11-4-12-20-25)28(47-32(43)24-17-9-3-10-18-24)27(46-31(42)23-15-7-2-8-16-23)26(50-34)21-45-30(41)22-13-5-1-6-14-22/h1-20,26-29,34,40H,21H2/t26?,27-,28+,29?,34+/m1/s1. The van der Waals surface area contributed by atoms with E-state index in [-0.39, 0.29) is 22.3 Å². The molecule has 1 aliphatic heterocycles. The van der Waals surface area contributed by atoms with Crippen LogP contribution in [-0.4, -0.2) is 69.2 Å². The first-order valence-corrected chi connectivity index (χ1v) is 17.1. The Morgan fingerprint density at radius 2 is 0.900 bits per heavy atom. The van der Waals surface area contributed by atoms with Gasteiger partial charge in [0.25, 0.3) is 3.79 Å². The van der Waals surface area contributed by atoms with E-state index >= 15 is 0 Å². The van der Waals surface area contributed by atoms with E-state index in [1.165, 1.54) is 36.4 Å². The Bertz CT molecular complexity index is 1800. The highest BCUT2D eigenvalue weighted by atomic mass is 35.6. The van der Waals surface area contributed by atoms with Gasteiger partial charge in [-0.3, -0.25) is 5.41 Å². The molecule has 0 amide bonds. The lowest BCUT2D eigenvalue weighted by molar-refractivity contribution is -0.112. The highest BCUT2D eigenvalue weighted by Gasteiger charge is 2.54. The number of carbonyl (C=O) groups excluding carboxylic acids is 4. The van der Waals surface area contributed by atoms with Crippen molar-refractivity contribution < 1.29 is 42.9 Å². The van der Waals surface area contributed by atoms with Crippen molar-refractivity contribution >= 4 is 76.3 Å². The van der Waals surface area contributed by atoms with E-state index in [2.05, 4.69) is 0 Å². The summed E-state index contributed by atoms with van der Waals surface area (Å²) in [5.41, 5.74) is -0.729. The van der Waals surface area contributed by atoms with Crippen LogP contribution in [0.4, 0.5) is 0 Å². The van der Waals surface area contributed by atoms with Crippen LogP contribution in [0.3, 0.4) is 0 Å². The third kappa shape index (κ3) is 9.57. The van der Waals surface area contributed by atoms with Crippen LogP contribution >= 0.6 is 46.6 Å². The van der Waals surface area contributed by atoms with E-state index in [1.807, 2.05) is 0 Å². The molecule has 1 N–H and O–H groups in total. The zero-order valence-electron chi connectivity index (χ0n) is 25.9. The lowest BCUT2D eigenvalue weighted by Crippen LogP contribution is -2.60. The summed E-state index contributed by atoms with van der Waals surface area (Å²) in [5.74, 6) is -4.06. The summed E-state index contributed by atoms with van der Waals surface area (Å²) in [6.45, 7) is -0.412. The van der Waals surface area contributed by atoms with Gasteiger partial charge in [-0.25, -0.2) is 19.2 Å². The predicted molar refractivity (Wildman–Crippen MR) is 188 cm³/mol. The second-order valence-corrected chi connectivity index (χ2v) is 14.3. The minimum Gasteiger partial charge on any atom is -0.461 e. The largest absolute Gasteiger partial charge is 0.461 e. The molecule has 10 nitrogen and oxygen atoms in total. The summed E-state index contributed by atoms with van der Waals surface area (Å²) in [6.07, 6.45) is -4.58. The molecule has 0 spiro atoms. The average molecular weight is 757 g/mol. The number of halogens is 3. The van der Waals surface area contributed by atoms with Gasteiger partial charge >= 0.3 is 23.9 Å². The molecule has 1 saturated heterocycles. The van der Waals surface area contributed by atoms with E-state index in [1.54, 1.807) is 84.9 Å². The number of esters is 4. The van der Waals surface area contributed by atoms with Crippen LogP contribution in [0.5, 0.6) is 0 Å². The van der Waals surface area contributed by atoms with Crippen LogP contribution in [0.2, 0.25) is 0 Å². The molecule has 258 valence electrons. The lowest BCUT2D eigenvalue weighted by Gasteiger charge is -2.44. The van der Waals surface area contributed by atoms with Gasteiger partial charge in [-0.15, -0.1) is 11.8 Å². The summed E-state index contributed by atoms with van der Waals surface area (Å²) in [6, 6.07) is 32.1. The van der Waals surface area contributed by atoms with E-state index < -0.39 is 69.2 Å². The number of nitrogens with one attached hydrogen (secondary N) is 1. The molecule has 50 heavy (non-hydrogen) atoms. The van der Waals surface area contributed by atoms with E-state index in [4.69, 9.17) is 63.9 Å². The first kappa shape index (κ1) is 36.7. The molecule has 0 radical (unpaired) electrons. The smallest absolute Gasteiger partial charge is 0.338 e. The fraction of sp³-hybridized carbons (Fsp3) is 0.194. The van der Waals surface area contributed by atoms with Gasteiger partial charge in [-0.2, -0.15) is 0 Å². The Hall–Kier alpha value is -4.55. The van der Waals surface area contributed by atoms with Crippen LogP contribution in [0.15, 0.2) is 121 Å². The number of thioether (sulfide) groups is 1. The Morgan fingerprint density at radius 1 is 0.540 bits per heavy atom. The minimum atomic E-state index is -2.34. The van der Waals surface area contributed by atoms with Crippen molar-refractivity contribution in [2.45, 2.75) is 32.8 Å². The average Bonchev–Trinajstić information content (AvgIpc) is 3.13. The van der Waals surface area contributed by atoms with E-state index in [9.17, 15) is 19.2 Å². The van der Waals surface area contributed by atoms with Crippen LogP contribution in [0.25, 0.3) is 0 Å². The highest BCUT2D eigenvalue weighted by molar-refractivity contribution is 8.00. The van der Waals surface area contributed by atoms with Gasteiger partial charge in [0.05, 0.1) is 27.5 Å². The molecular weight excluding hydrogens is 729 g/mol. The fourth-order valence-corrected chi connectivity index (χ4v) is 6.31. The second kappa shape index (κ2) is 16.9. The molecule has 14 heteroatoms. The summed E-state index contributed by atoms with van der Waals surface area (Å²) in [5, 5.41) is 7.29. The van der Waals surface area contributed by atoms with Crippen LogP contribution in [0, 0.1) is 5.41 Å². The number of rotatable bonds is 10. The van der Waals surface area contributed by atoms with Crippen molar-refractivity contribution in [3.63, 3.8) is 0 Å². The van der Waals surface area contributed by atoms with Crippen LogP contribution in [-0.2, 0) is 23.7 Å². The van der Waals surface area contributed by atoms with Crippen molar-refractivity contribution in [3.05, 3.63) is 144 Å². The monoisotopic (exact) mass is 755 g/mol. The first-order chi connectivity index (χ1) is 24.0. The minimum absolute atomic E-state index is 0.130. The Balaban J connectivity index is 1.58. The summed E-state index contributed by atoms with van der Waals surface area (Å²) in [7, 11) is 0. The number of alkyl halides is 3. The normalized spacial score (nSPS) is 20.1. The maximum Gasteiger partial charge on any atom is 0.338 e. The molecule has 4 aromatic rings. The summed E-state index contributed by atoms with van der Waals surface area (Å²) < 4.78 is 27.0. The molecule has 1 heterocycles. The topological polar surface area (TPSA) is 138 Å². The van der Waals surface area contributed by atoms with E-state index in [0.29, 0.717) is 0 Å². The molecule has 5 rings (SSSR count). The number of carbonyl (C=O) groups is 4. The molecule has 0 aliphatic carbocycles. The van der Waals surface area contributed by atoms with Crippen molar-refractivity contribution in [2.75, 3.05) is 6.61 Å². The van der Waals surface area contributed by atoms with Crippen LogP contribution in [0.1, 0.15) is 41.4 Å². The number of ether oxygens (including phenoxy) is 5. The molecule has 0 bridgehead atoms. The second-order valence-electron chi connectivity index (χ2n) is 10.7. The molecular formula is C36H28Cl3NO9S. The number of hydrogen-bond acceptors (Lipinski definition) is 11. The molecule has 4 aromatic carbocycles. The number of benzene rings is 4. The maximum atomic E-state index is 13.6.